The number of carbonyl (C=O) groups is 4. The van der Waals surface area contributed by atoms with E-state index >= 15 is 0 Å². The van der Waals surface area contributed by atoms with Crippen molar-refractivity contribution < 1.29 is 80.8 Å². The summed E-state index contributed by atoms with van der Waals surface area (Å²) in [5.74, 6) is 0.510. The molecule has 7 heterocycles. The fraction of sp³-hybridized carbons (Fsp3) is 0.625. The van der Waals surface area contributed by atoms with E-state index in [0.29, 0.717) is 126 Å². The molecular weight excluding hydrogens is 1150 g/mol. The second-order valence-electron chi connectivity index (χ2n) is 25.0. The maximum Gasteiger partial charge on any atom is 0.414 e. The van der Waals surface area contributed by atoms with E-state index in [2.05, 4.69) is 10.3 Å². The summed E-state index contributed by atoms with van der Waals surface area (Å²) >= 11 is 0. The SMILES string of the molecule is COc1cc2c(cc1OCc1cc(COc3cc4c(cc3OC)C(=O)N3CCC(OC5CCCCO5)[C@@H]3CN4C(=O)OC(C)(C)C)cc(-c3cn(CCOCCOCCOCCN)nn3)c1)N(C(=O)OC(C)(C)C)C[C@H]1C(OC3CCCCO3)CCN1C2=O. The summed E-state index contributed by atoms with van der Waals surface area (Å²) in [4.78, 5) is 64.7. The van der Waals surface area contributed by atoms with Gasteiger partial charge in [-0.05, 0) is 134 Å². The number of hydrogen-bond donors (Lipinski definition) is 1. The largest absolute Gasteiger partial charge is 0.493 e. The van der Waals surface area contributed by atoms with Crippen molar-refractivity contribution in [3.05, 3.63) is 70.9 Å². The number of benzene rings is 3. The Hall–Kier alpha value is -6.84. The Morgan fingerprint density at radius 2 is 1.07 bits per heavy atom. The minimum absolute atomic E-state index is 0.0318. The van der Waals surface area contributed by atoms with E-state index in [9.17, 15) is 19.2 Å². The average molecular weight is 1240 g/mol. The smallest absolute Gasteiger partial charge is 0.414 e. The van der Waals surface area contributed by atoms with Crippen LogP contribution in [-0.2, 0) is 62.4 Å². The summed E-state index contributed by atoms with van der Waals surface area (Å²) in [5, 5.41) is 8.99. The van der Waals surface area contributed by atoms with Gasteiger partial charge in [0.2, 0.25) is 0 Å². The van der Waals surface area contributed by atoms with Gasteiger partial charge >= 0.3 is 12.2 Å². The predicted octanol–water partition coefficient (Wildman–Crippen LogP) is 7.89. The van der Waals surface area contributed by atoms with Crippen LogP contribution in [-0.4, -0.2) is 197 Å². The van der Waals surface area contributed by atoms with Crippen molar-refractivity contribution in [1.82, 2.24) is 24.8 Å². The Kier molecular flexibility index (Phi) is 21.5. The fourth-order valence-corrected chi connectivity index (χ4v) is 11.9. The zero-order valence-electron chi connectivity index (χ0n) is 52.7. The first-order valence-corrected chi connectivity index (χ1v) is 31.2. The Labute approximate surface area is 520 Å². The van der Waals surface area contributed by atoms with Gasteiger partial charge in [0, 0.05) is 50.5 Å². The average Bonchev–Trinajstić information content (AvgIpc) is 1.87. The molecule has 0 bridgehead atoms. The van der Waals surface area contributed by atoms with Gasteiger partial charge in [0.1, 0.15) is 30.1 Å². The third-order valence-corrected chi connectivity index (χ3v) is 16.1. The lowest BCUT2D eigenvalue weighted by atomic mass is 10.0. The van der Waals surface area contributed by atoms with Gasteiger partial charge in [-0.3, -0.25) is 19.4 Å². The van der Waals surface area contributed by atoms with Crippen molar-refractivity contribution in [2.24, 2.45) is 5.73 Å². The lowest BCUT2D eigenvalue weighted by Crippen LogP contribution is -2.48. The number of nitrogens with zero attached hydrogens (tertiary/aromatic N) is 7. The molecule has 0 aliphatic carbocycles. The zero-order chi connectivity index (χ0) is 62.8. The van der Waals surface area contributed by atoms with E-state index in [0.717, 1.165) is 38.5 Å². The number of ether oxygens (including phenoxy) is 13. The van der Waals surface area contributed by atoms with Crippen LogP contribution in [0.15, 0.2) is 48.7 Å². The molecule has 4 saturated heterocycles. The number of anilines is 2. The molecule has 25 heteroatoms. The van der Waals surface area contributed by atoms with Crippen molar-refractivity contribution in [1.29, 1.82) is 0 Å². The Bertz CT molecular complexity index is 2910. The zero-order valence-corrected chi connectivity index (χ0v) is 52.7. The highest BCUT2D eigenvalue weighted by molar-refractivity contribution is 6.07. The molecular formula is C64H88N8O17. The highest BCUT2D eigenvalue weighted by atomic mass is 16.7. The first-order chi connectivity index (χ1) is 42.9. The standard InChI is InChI=1S/C64H88N8O17/c1-63(2,3)88-61(75)71-37-49-51(86-57-13-9-11-21-82-57)15-18-69(49)59(73)44-32-53(77-7)55(34-47(44)71)84-39-41-29-42(31-43(30-41)46-36-68(67-66-46)20-24-80-26-28-81-27-25-79-23-17-65)40-85-56-35-48-45(33-54(56)78-8)60(74)70-19-16-52(87-58-14-10-12-22-83-58)50(70)38-72(48)62(76)89-64(4,5)6/h29-36,49-52,57-58H,9-28,37-40,65H2,1-8H3/t49-,50-,51?,52?,57?,58?/m0/s1. The highest BCUT2D eigenvalue weighted by Gasteiger charge is 2.48. The van der Waals surface area contributed by atoms with Crippen molar-refractivity contribution in [3.63, 3.8) is 0 Å². The molecule has 1 aromatic heterocycles. The molecule has 4 amide bonds. The van der Waals surface area contributed by atoms with Crippen molar-refractivity contribution in [3.8, 4) is 34.3 Å². The first kappa shape index (κ1) is 65.1. The summed E-state index contributed by atoms with van der Waals surface area (Å²) in [7, 11) is 2.99. The van der Waals surface area contributed by atoms with E-state index in [4.69, 9.17) is 67.3 Å². The molecule has 486 valence electrons. The molecule has 6 aliphatic heterocycles. The molecule has 4 fully saturated rings. The number of nitrogens with two attached hydrogens (primary N) is 1. The van der Waals surface area contributed by atoms with Gasteiger partial charge < -0.3 is 77.1 Å². The normalized spacial score (nSPS) is 22.0. The maximum atomic E-state index is 14.7. The van der Waals surface area contributed by atoms with Gasteiger partial charge in [0.05, 0.1) is 126 Å². The van der Waals surface area contributed by atoms with Gasteiger partial charge in [0.15, 0.2) is 35.6 Å². The van der Waals surface area contributed by atoms with E-state index in [1.165, 1.54) is 24.0 Å². The molecule has 89 heavy (non-hydrogen) atoms. The number of amides is 4. The predicted molar refractivity (Wildman–Crippen MR) is 325 cm³/mol. The van der Waals surface area contributed by atoms with Gasteiger partial charge in [-0.2, -0.15) is 0 Å². The van der Waals surface area contributed by atoms with Crippen LogP contribution in [0.3, 0.4) is 0 Å². The molecule has 2 N–H and O–H groups in total. The summed E-state index contributed by atoms with van der Waals surface area (Å²) in [6, 6.07) is 11.3. The van der Waals surface area contributed by atoms with Crippen LogP contribution in [0.5, 0.6) is 23.0 Å². The van der Waals surface area contributed by atoms with Crippen LogP contribution in [0.25, 0.3) is 11.3 Å². The van der Waals surface area contributed by atoms with Gasteiger partial charge in [-0.1, -0.05) is 5.21 Å². The number of fused-ring (bicyclic) bond motifs is 4. The molecule has 6 atom stereocenters. The molecule has 3 aromatic carbocycles. The second-order valence-corrected chi connectivity index (χ2v) is 25.0. The quantitative estimate of drug-likeness (QED) is 0.0654. The van der Waals surface area contributed by atoms with Crippen LogP contribution < -0.4 is 34.5 Å². The van der Waals surface area contributed by atoms with Gasteiger partial charge in [0.25, 0.3) is 11.8 Å². The van der Waals surface area contributed by atoms with Crippen LogP contribution in [0.2, 0.25) is 0 Å². The number of rotatable bonds is 24. The fourth-order valence-electron chi connectivity index (χ4n) is 11.9. The van der Waals surface area contributed by atoms with Crippen molar-refractivity contribution >= 4 is 35.4 Å². The van der Waals surface area contributed by atoms with E-state index in [1.54, 1.807) is 80.3 Å². The number of aromatic nitrogens is 3. The molecule has 6 aliphatic rings. The Morgan fingerprint density at radius 3 is 1.51 bits per heavy atom. The molecule has 4 unspecified atom stereocenters. The summed E-state index contributed by atoms with van der Waals surface area (Å²) in [5.41, 5.74) is 7.48. The number of methoxy groups -OCH3 is 2. The molecule has 0 radical (unpaired) electrons. The summed E-state index contributed by atoms with van der Waals surface area (Å²) in [6.45, 7) is 16.4. The molecule has 0 spiro atoms. The monoisotopic (exact) mass is 1240 g/mol. The Morgan fingerprint density at radius 1 is 0.596 bits per heavy atom. The highest BCUT2D eigenvalue weighted by Crippen LogP contribution is 2.44. The minimum Gasteiger partial charge on any atom is -0.493 e. The molecule has 10 rings (SSSR count). The van der Waals surface area contributed by atoms with Crippen LogP contribution >= 0.6 is 0 Å². The van der Waals surface area contributed by atoms with E-state index < -0.39 is 48.1 Å². The lowest BCUT2D eigenvalue weighted by molar-refractivity contribution is -0.190. The van der Waals surface area contributed by atoms with Crippen molar-refractivity contribution in [2.45, 2.75) is 161 Å². The van der Waals surface area contributed by atoms with Gasteiger partial charge in [-0.15, -0.1) is 5.10 Å². The minimum atomic E-state index is -0.854. The first-order valence-electron chi connectivity index (χ1n) is 31.2. The third kappa shape index (κ3) is 16.4. The van der Waals surface area contributed by atoms with Crippen LogP contribution in [0, 0.1) is 0 Å². The molecule has 4 aromatic rings. The van der Waals surface area contributed by atoms with Crippen LogP contribution in [0.4, 0.5) is 21.0 Å². The van der Waals surface area contributed by atoms with Crippen molar-refractivity contribution in [2.75, 3.05) is 110 Å². The van der Waals surface area contributed by atoms with E-state index in [-0.39, 0.29) is 84.5 Å². The molecule has 0 saturated carbocycles. The number of hydrogen-bond acceptors (Lipinski definition) is 20. The topological polar surface area (TPSA) is 258 Å². The lowest BCUT2D eigenvalue weighted by Gasteiger charge is -2.33. The van der Waals surface area contributed by atoms with E-state index in [1.807, 2.05) is 24.4 Å². The van der Waals surface area contributed by atoms with Gasteiger partial charge in [-0.25, -0.2) is 14.3 Å². The second kappa shape index (κ2) is 29.4. The summed E-state index contributed by atoms with van der Waals surface area (Å²) in [6.07, 6.45) is 5.53. The van der Waals surface area contributed by atoms with Crippen LogP contribution in [0.1, 0.15) is 125 Å². The summed E-state index contributed by atoms with van der Waals surface area (Å²) < 4.78 is 80.8. The molecule has 25 nitrogen and oxygen atoms in total. The Balaban J connectivity index is 0.939. The third-order valence-electron chi connectivity index (χ3n) is 16.1. The maximum absolute atomic E-state index is 14.7. The number of carbonyl (C=O) groups excluding carboxylic acids is 4.